The maximum absolute atomic E-state index is 11.7. The van der Waals surface area contributed by atoms with Gasteiger partial charge in [0.25, 0.3) is 0 Å². The van der Waals surface area contributed by atoms with Gasteiger partial charge in [-0.2, -0.15) is 0 Å². The molecule has 20 heavy (non-hydrogen) atoms. The van der Waals surface area contributed by atoms with Crippen LogP contribution in [-0.2, 0) is 14.3 Å². The van der Waals surface area contributed by atoms with Gasteiger partial charge in [-0.3, -0.25) is 9.59 Å². The number of hydrogen-bond donors (Lipinski definition) is 2. The van der Waals surface area contributed by atoms with Crippen LogP contribution in [0.3, 0.4) is 0 Å². The Labute approximate surface area is 126 Å². The maximum Gasteiger partial charge on any atom is 0.249 e. The number of carbonyl (C=O) groups excluding carboxylic acids is 2. The molecule has 0 aromatic heterocycles. The largest absolute Gasteiger partial charge is 0.368 e. The molecule has 0 radical (unpaired) electrons. The summed E-state index contributed by atoms with van der Waals surface area (Å²) in [6.45, 7) is 0.448. The van der Waals surface area contributed by atoms with E-state index in [9.17, 15) is 9.59 Å². The molecular formula is C13H14Cl2N2O3. The minimum Gasteiger partial charge on any atom is -0.368 e. The second-order valence-corrected chi connectivity index (χ2v) is 5.24. The number of anilines is 1. The molecule has 5 nitrogen and oxygen atoms in total. The van der Waals surface area contributed by atoms with Crippen molar-refractivity contribution in [3.8, 4) is 0 Å². The number of nitrogens with one attached hydrogen (secondary N) is 2. The molecule has 1 fully saturated rings. The fraction of sp³-hybridized carbons (Fsp3) is 0.385. The van der Waals surface area contributed by atoms with Crippen molar-refractivity contribution < 1.29 is 14.3 Å². The van der Waals surface area contributed by atoms with Gasteiger partial charge in [0.15, 0.2) is 0 Å². The highest BCUT2D eigenvalue weighted by Crippen LogP contribution is 2.25. The summed E-state index contributed by atoms with van der Waals surface area (Å²) in [6, 6.07) is 4.76. The molecule has 0 aliphatic carbocycles. The van der Waals surface area contributed by atoms with Crippen LogP contribution < -0.4 is 10.6 Å². The monoisotopic (exact) mass is 316 g/mol. The van der Waals surface area contributed by atoms with Gasteiger partial charge < -0.3 is 15.4 Å². The quantitative estimate of drug-likeness (QED) is 0.895. The van der Waals surface area contributed by atoms with E-state index in [1.54, 1.807) is 18.2 Å². The lowest BCUT2D eigenvalue weighted by Gasteiger charge is -2.11. The molecule has 0 spiro atoms. The van der Waals surface area contributed by atoms with Crippen LogP contribution in [0.2, 0.25) is 10.0 Å². The van der Waals surface area contributed by atoms with Gasteiger partial charge in [0.1, 0.15) is 6.10 Å². The summed E-state index contributed by atoms with van der Waals surface area (Å²) < 4.78 is 5.22. The van der Waals surface area contributed by atoms with E-state index in [2.05, 4.69) is 10.6 Å². The number of hydrogen-bond acceptors (Lipinski definition) is 3. The lowest BCUT2D eigenvalue weighted by Crippen LogP contribution is -2.39. The number of amides is 2. The highest BCUT2D eigenvalue weighted by molar-refractivity contribution is 6.35. The molecule has 1 saturated heterocycles. The van der Waals surface area contributed by atoms with Crippen LogP contribution in [0.4, 0.5) is 5.69 Å². The molecule has 0 saturated carbocycles. The fourth-order valence-corrected chi connectivity index (χ4v) is 2.19. The molecule has 2 amide bonds. The summed E-state index contributed by atoms with van der Waals surface area (Å²) in [5, 5.41) is 5.96. The fourth-order valence-electron chi connectivity index (χ4n) is 1.85. The minimum absolute atomic E-state index is 0.137. The molecule has 1 aromatic rings. The van der Waals surface area contributed by atoms with Crippen molar-refractivity contribution in [2.45, 2.75) is 18.9 Å². The molecule has 1 atom stereocenters. The lowest BCUT2D eigenvalue weighted by atomic mass is 10.2. The Morgan fingerprint density at radius 2 is 2.15 bits per heavy atom. The predicted octanol–water partition coefficient (Wildman–Crippen LogP) is 2.23. The summed E-state index contributed by atoms with van der Waals surface area (Å²) in [7, 11) is 0. The van der Waals surface area contributed by atoms with E-state index in [4.69, 9.17) is 27.9 Å². The van der Waals surface area contributed by atoms with E-state index in [0.717, 1.165) is 6.42 Å². The molecule has 1 aromatic carbocycles. The highest BCUT2D eigenvalue weighted by atomic mass is 35.5. The van der Waals surface area contributed by atoms with Crippen molar-refractivity contribution in [3.63, 3.8) is 0 Å². The SMILES string of the molecule is O=C(CNC(=O)C1CCCO1)Nc1cc(Cl)ccc1Cl. The molecule has 1 aliphatic rings. The van der Waals surface area contributed by atoms with Crippen LogP contribution in [0.15, 0.2) is 18.2 Å². The van der Waals surface area contributed by atoms with Gasteiger partial charge in [-0.25, -0.2) is 0 Å². The number of rotatable bonds is 4. The first-order chi connectivity index (χ1) is 9.56. The number of halogens is 2. The summed E-state index contributed by atoms with van der Waals surface area (Å²) in [5.41, 5.74) is 0.413. The van der Waals surface area contributed by atoms with E-state index in [1.165, 1.54) is 0 Å². The zero-order valence-corrected chi connectivity index (χ0v) is 12.1. The van der Waals surface area contributed by atoms with Crippen molar-refractivity contribution in [1.82, 2.24) is 5.32 Å². The van der Waals surface area contributed by atoms with E-state index < -0.39 is 6.10 Å². The minimum atomic E-state index is -0.447. The Hall–Kier alpha value is -1.30. The second kappa shape index (κ2) is 6.92. The van der Waals surface area contributed by atoms with Gasteiger partial charge in [-0.15, -0.1) is 0 Å². The third-order valence-corrected chi connectivity index (χ3v) is 3.41. The van der Waals surface area contributed by atoms with E-state index >= 15 is 0 Å². The van der Waals surface area contributed by atoms with Gasteiger partial charge in [-0.1, -0.05) is 23.2 Å². The molecule has 2 rings (SSSR count). The smallest absolute Gasteiger partial charge is 0.249 e. The van der Waals surface area contributed by atoms with E-state index in [1.807, 2.05) is 0 Å². The molecular weight excluding hydrogens is 303 g/mol. The van der Waals surface area contributed by atoms with Gasteiger partial charge in [0.05, 0.1) is 17.3 Å². The van der Waals surface area contributed by atoms with Crippen molar-refractivity contribution in [3.05, 3.63) is 28.2 Å². The Kier molecular flexibility index (Phi) is 5.23. The molecule has 7 heteroatoms. The van der Waals surface area contributed by atoms with Gasteiger partial charge in [0.2, 0.25) is 11.8 Å². The molecule has 0 bridgehead atoms. The van der Waals surface area contributed by atoms with Crippen molar-refractivity contribution in [2.24, 2.45) is 0 Å². The van der Waals surface area contributed by atoms with E-state index in [-0.39, 0.29) is 18.4 Å². The summed E-state index contributed by atoms with van der Waals surface area (Å²) in [5.74, 6) is -0.643. The molecule has 1 heterocycles. The normalized spacial score (nSPS) is 17.8. The van der Waals surface area contributed by atoms with Gasteiger partial charge >= 0.3 is 0 Å². The summed E-state index contributed by atoms with van der Waals surface area (Å²) in [6.07, 6.45) is 1.10. The number of ether oxygens (including phenoxy) is 1. The molecule has 1 aliphatic heterocycles. The van der Waals surface area contributed by atoms with Crippen LogP contribution in [-0.4, -0.2) is 31.1 Å². The predicted molar refractivity (Wildman–Crippen MR) is 77.1 cm³/mol. The van der Waals surface area contributed by atoms with Crippen molar-refractivity contribution in [2.75, 3.05) is 18.5 Å². The first kappa shape index (κ1) is 15.1. The average molecular weight is 317 g/mol. The van der Waals surface area contributed by atoms with Gasteiger partial charge in [-0.05, 0) is 31.0 Å². The number of carbonyl (C=O) groups is 2. The first-order valence-electron chi connectivity index (χ1n) is 6.20. The zero-order valence-electron chi connectivity index (χ0n) is 10.6. The van der Waals surface area contributed by atoms with Crippen LogP contribution in [0.1, 0.15) is 12.8 Å². The third-order valence-electron chi connectivity index (χ3n) is 2.85. The lowest BCUT2D eigenvalue weighted by molar-refractivity contribution is -0.131. The maximum atomic E-state index is 11.7. The molecule has 2 N–H and O–H groups in total. The van der Waals surface area contributed by atoms with Crippen LogP contribution in [0.5, 0.6) is 0 Å². The third kappa shape index (κ3) is 4.10. The van der Waals surface area contributed by atoms with Crippen molar-refractivity contribution >= 4 is 40.7 Å². The Bertz CT molecular complexity index is 516. The van der Waals surface area contributed by atoms with Gasteiger partial charge in [0, 0.05) is 11.6 Å². The topological polar surface area (TPSA) is 67.4 Å². The van der Waals surface area contributed by atoms with Crippen molar-refractivity contribution in [1.29, 1.82) is 0 Å². The van der Waals surface area contributed by atoms with E-state index in [0.29, 0.717) is 28.8 Å². The average Bonchev–Trinajstić information content (AvgIpc) is 2.94. The standard InChI is InChI=1S/C13H14Cl2N2O3/c14-8-3-4-9(15)10(6-8)17-12(18)7-16-13(19)11-2-1-5-20-11/h3-4,6,11H,1-2,5,7H2,(H,16,19)(H,17,18). The highest BCUT2D eigenvalue weighted by Gasteiger charge is 2.23. The summed E-state index contributed by atoms with van der Waals surface area (Å²) >= 11 is 11.7. The Morgan fingerprint density at radius 1 is 1.35 bits per heavy atom. The van der Waals surface area contributed by atoms with Crippen LogP contribution >= 0.6 is 23.2 Å². The second-order valence-electron chi connectivity index (χ2n) is 4.39. The van der Waals surface area contributed by atoms with Crippen LogP contribution in [0, 0.1) is 0 Å². The number of benzene rings is 1. The zero-order chi connectivity index (χ0) is 14.5. The first-order valence-corrected chi connectivity index (χ1v) is 6.96. The molecule has 1 unspecified atom stereocenters. The Morgan fingerprint density at radius 3 is 2.85 bits per heavy atom. The van der Waals surface area contributed by atoms with Crippen LogP contribution in [0.25, 0.3) is 0 Å². The summed E-state index contributed by atoms with van der Waals surface area (Å²) in [4.78, 5) is 23.4. The Balaban J connectivity index is 1.83. The molecule has 108 valence electrons.